The molecule has 1 aliphatic carbocycles. The highest BCUT2D eigenvalue weighted by molar-refractivity contribution is 7.92. The number of benzene rings is 1. The van der Waals surface area contributed by atoms with Gasteiger partial charge in [-0.25, -0.2) is 12.8 Å². The van der Waals surface area contributed by atoms with Gasteiger partial charge in [0.1, 0.15) is 11.9 Å². The topological polar surface area (TPSA) is 43.4 Å². The summed E-state index contributed by atoms with van der Waals surface area (Å²) >= 11 is 11.6. The van der Waals surface area contributed by atoms with Crippen LogP contribution in [0.2, 0.25) is 5.02 Å². The van der Waals surface area contributed by atoms with Crippen LogP contribution in [0.1, 0.15) is 73.8 Å². The predicted molar refractivity (Wildman–Crippen MR) is 134 cm³/mol. The molecule has 0 aromatic heterocycles. The highest BCUT2D eigenvalue weighted by Crippen LogP contribution is 2.25. The van der Waals surface area contributed by atoms with Crippen LogP contribution in [-0.4, -0.2) is 26.4 Å². The second-order valence-electron chi connectivity index (χ2n) is 6.38. The summed E-state index contributed by atoms with van der Waals surface area (Å²) in [6, 6.07) is 4.93. The van der Waals surface area contributed by atoms with Gasteiger partial charge in [0, 0.05) is 11.4 Å². The third-order valence-electron chi connectivity index (χ3n) is 3.88. The first-order chi connectivity index (χ1) is 14.6. The Balaban J connectivity index is 0. The minimum absolute atomic E-state index is 0.359. The third-order valence-corrected chi connectivity index (χ3v) is 6.71. The standard InChI is InChI=1S/C11H15ClO2S.C9H12ClFO.2C2H6/c1-4-9-7-10(12)5-6-11(9)15(13,14)8(2)3;1-2-5-12-9-6-7(11)3-4-8(9)10;2*1-2/h5-8H,4H2,1-3H3;4,6-7H,2-3,5H2,1H3;2*1-2H3. The normalized spacial score (nSPS) is 15.2. The number of hydrogen-bond donors (Lipinski definition) is 0. The summed E-state index contributed by atoms with van der Waals surface area (Å²) < 4.78 is 42.0. The molecule has 0 spiro atoms. The van der Waals surface area contributed by atoms with Crippen molar-refractivity contribution >= 4 is 33.0 Å². The van der Waals surface area contributed by atoms with E-state index in [0.717, 1.165) is 12.0 Å². The number of aryl methyl sites for hydroxylation is 1. The molecule has 0 saturated heterocycles. The molecule has 2 rings (SSSR count). The third kappa shape index (κ3) is 11.4. The van der Waals surface area contributed by atoms with Gasteiger partial charge in [-0.05, 0) is 56.5 Å². The lowest BCUT2D eigenvalue weighted by Gasteiger charge is -2.14. The van der Waals surface area contributed by atoms with Crippen LogP contribution in [0.15, 0.2) is 46.0 Å². The zero-order chi connectivity index (χ0) is 24.6. The molecule has 1 aliphatic rings. The molecule has 1 atom stereocenters. The minimum atomic E-state index is -3.20. The summed E-state index contributed by atoms with van der Waals surface area (Å²) in [4.78, 5) is 0.407. The van der Waals surface area contributed by atoms with Crippen LogP contribution in [0.4, 0.5) is 4.39 Å². The van der Waals surface area contributed by atoms with Crippen LogP contribution in [0.5, 0.6) is 0 Å². The maximum absolute atomic E-state index is 12.8. The first-order valence-electron chi connectivity index (χ1n) is 11.0. The molecule has 1 aromatic rings. The lowest BCUT2D eigenvalue weighted by atomic mass is 10.1. The number of rotatable bonds is 6. The Bertz CT molecular complexity index is 788. The van der Waals surface area contributed by atoms with E-state index in [2.05, 4.69) is 0 Å². The Kier molecular flexibility index (Phi) is 18.2. The number of ether oxygens (including phenoxy) is 1. The van der Waals surface area contributed by atoms with E-state index in [1.165, 1.54) is 6.08 Å². The lowest BCUT2D eigenvalue weighted by Crippen LogP contribution is -2.15. The molecule has 3 nitrogen and oxygen atoms in total. The number of sulfone groups is 1. The van der Waals surface area contributed by atoms with Crippen LogP contribution in [-0.2, 0) is 21.0 Å². The quantitative estimate of drug-likeness (QED) is 0.397. The second-order valence-corrected chi connectivity index (χ2v) is 9.70. The Hall–Kier alpha value is -1.04. The Morgan fingerprint density at radius 2 is 1.71 bits per heavy atom. The molecule has 0 N–H and O–H groups in total. The zero-order valence-corrected chi connectivity index (χ0v) is 22.5. The molecule has 0 heterocycles. The lowest BCUT2D eigenvalue weighted by molar-refractivity contribution is 0.215. The Morgan fingerprint density at radius 3 is 2.19 bits per heavy atom. The van der Waals surface area contributed by atoms with E-state index >= 15 is 0 Å². The molecule has 31 heavy (non-hydrogen) atoms. The maximum Gasteiger partial charge on any atom is 0.180 e. The monoisotopic (exact) mass is 496 g/mol. The average Bonchev–Trinajstić information content (AvgIpc) is 2.77. The summed E-state index contributed by atoms with van der Waals surface area (Å²) in [6.45, 7) is 15.9. The van der Waals surface area contributed by atoms with Crippen molar-refractivity contribution in [2.45, 2.75) is 91.0 Å². The van der Waals surface area contributed by atoms with Gasteiger partial charge in [-0.1, -0.05) is 70.8 Å². The maximum atomic E-state index is 12.8. The van der Waals surface area contributed by atoms with Gasteiger partial charge in [-0.15, -0.1) is 0 Å². The molecular formula is C24H39Cl2FO3S. The van der Waals surface area contributed by atoms with E-state index in [1.54, 1.807) is 38.1 Å². The smallest absolute Gasteiger partial charge is 0.180 e. The largest absolute Gasteiger partial charge is 0.492 e. The van der Waals surface area contributed by atoms with E-state index in [-0.39, 0.29) is 0 Å². The summed E-state index contributed by atoms with van der Waals surface area (Å²) in [5.41, 5.74) is 0.788. The highest BCUT2D eigenvalue weighted by atomic mass is 35.5. The second kappa shape index (κ2) is 17.5. The van der Waals surface area contributed by atoms with Gasteiger partial charge < -0.3 is 4.74 Å². The van der Waals surface area contributed by atoms with E-state index < -0.39 is 21.3 Å². The van der Waals surface area contributed by atoms with Crippen molar-refractivity contribution in [1.82, 2.24) is 0 Å². The zero-order valence-electron chi connectivity index (χ0n) is 20.1. The van der Waals surface area contributed by atoms with Crippen LogP contribution in [0.3, 0.4) is 0 Å². The fraction of sp³-hybridized carbons (Fsp3) is 0.583. The summed E-state index contributed by atoms with van der Waals surface area (Å²) in [5.74, 6) is 0.484. The predicted octanol–water partition coefficient (Wildman–Crippen LogP) is 8.30. The molecule has 0 radical (unpaired) electrons. The van der Waals surface area contributed by atoms with Gasteiger partial charge in [-0.2, -0.15) is 0 Å². The van der Waals surface area contributed by atoms with Crippen LogP contribution in [0, 0.1) is 0 Å². The van der Waals surface area contributed by atoms with Gasteiger partial charge in [0.15, 0.2) is 9.84 Å². The van der Waals surface area contributed by atoms with Crippen LogP contribution in [0.25, 0.3) is 0 Å². The van der Waals surface area contributed by atoms with Gasteiger partial charge >= 0.3 is 0 Å². The molecule has 7 heteroatoms. The molecule has 1 unspecified atom stereocenters. The first kappa shape index (κ1) is 32.1. The van der Waals surface area contributed by atoms with E-state index in [9.17, 15) is 12.8 Å². The Morgan fingerprint density at radius 1 is 1.13 bits per heavy atom. The molecular weight excluding hydrogens is 458 g/mol. The fourth-order valence-electron chi connectivity index (χ4n) is 2.31. The number of allylic oxidation sites excluding steroid dienone is 3. The van der Waals surface area contributed by atoms with Crippen molar-refractivity contribution in [3.8, 4) is 0 Å². The van der Waals surface area contributed by atoms with Crippen molar-refractivity contribution in [2.75, 3.05) is 6.61 Å². The number of alkyl halides is 1. The minimum Gasteiger partial charge on any atom is -0.492 e. The van der Waals surface area contributed by atoms with Crippen molar-refractivity contribution in [1.29, 1.82) is 0 Å². The van der Waals surface area contributed by atoms with Crippen LogP contribution < -0.4 is 0 Å². The van der Waals surface area contributed by atoms with Gasteiger partial charge in [0.2, 0.25) is 0 Å². The van der Waals surface area contributed by atoms with E-state index in [4.69, 9.17) is 27.9 Å². The molecule has 1 aromatic carbocycles. The van der Waals surface area contributed by atoms with Crippen molar-refractivity contribution in [3.63, 3.8) is 0 Å². The van der Waals surface area contributed by atoms with Gasteiger partial charge in [0.25, 0.3) is 0 Å². The SMILES string of the molecule is CC.CC.CCCOC1=CC(F)CC=C1Cl.CCc1cc(Cl)ccc1S(=O)(=O)C(C)C. The van der Waals surface area contributed by atoms with E-state index in [1.807, 2.05) is 41.5 Å². The number of hydrogen-bond acceptors (Lipinski definition) is 3. The first-order valence-corrected chi connectivity index (χ1v) is 13.3. The summed E-state index contributed by atoms with van der Waals surface area (Å²) in [7, 11) is -3.20. The average molecular weight is 498 g/mol. The van der Waals surface area contributed by atoms with Gasteiger partial charge in [-0.3, -0.25) is 0 Å². The summed E-state index contributed by atoms with van der Waals surface area (Å²) in [5, 5.41) is 0.705. The molecule has 0 aliphatic heterocycles. The number of halogens is 3. The fourth-order valence-corrected chi connectivity index (χ4v) is 4.05. The van der Waals surface area contributed by atoms with Crippen molar-refractivity contribution in [2.24, 2.45) is 0 Å². The van der Waals surface area contributed by atoms with Gasteiger partial charge in [0.05, 0.1) is 21.8 Å². The molecule has 180 valence electrons. The Labute approximate surface area is 199 Å². The molecule has 0 bridgehead atoms. The van der Waals surface area contributed by atoms with Crippen LogP contribution >= 0.6 is 23.2 Å². The summed E-state index contributed by atoms with van der Waals surface area (Å²) in [6.07, 6.45) is 4.06. The highest BCUT2D eigenvalue weighted by Gasteiger charge is 2.21. The van der Waals surface area contributed by atoms with Crippen molar-refractivity contribution in [3.05, 3.63) is 51.7 Å². The molecule has 0 fully saturated rings. The van der Waals surface area contributed by atoms with E-state index in [0.29, 0.717) is 40.2 Å². The molecule has 0 amide bonds. The molecule has 0 saturated carbocycles. The van der Waals surface area contributed by atoms with Crippen molar-refractivity contribution < 1.29 is 17.5 Å².